The number of aliphatic hydroxyl groups is 1. The second kappa shape index (κ2) is 8.19. The lowest BCUT2D eigenvalue weighted by Crippen LogP contribution is -2.41. The van der Waals surface area contributed by atoms with E-state index in [1.807, 2.05) is 42.1 Å². The van der Waals surface area contributed by atoms with Crippen LogP contribution < -0.4 is 0 Å². The lowest BCUT2D eigenvalue weighted by atomic mass is 9.94. The molecule has 144 valence electrons. The summed E-state index contributed by atoms with van der Waals surface area (Å²) in [5.74, 6) is -0.294. The predicted octanol–water partition coefficient (Wildman–Crippen LogP) is 3.41. The Hall–Kier alpha value is -2.24. The van der Waals surface area contributed by atoms with Gasteiger partial charge in [0, 0.05) is 25.2 Å². The number of halogens is 1. The zero-order chi connectivity index (χ0) is 19.4. The molecule has 27 heavy (non-hydrogen) atoms. The van der Waals surface area contributed by atoms with E-state index < -0.39 is 5.60 Å². The van der Waals surface area contributed by atoms with Gasteiger partial charge in [-0.15, -0.1) is 0 Å². The maximum absolute atomic E-state index is 13.4. The molecule has 1 N–H and O–H groups in total. The van der Waals surface area contributed by atoms with E-state index in [0.29, 0.717) is 38.0 Å². The van der Waals surface area contributed by atoms with Crippen molar-refractivity contribution in [3.05, 3.63) is 59.9 Å². The number of carbonyl (C=O) groups is 1. The molecule has 3 rings (SSSR count). The molecule has 1 fully saturated rings. The van der Waals surface area contributed by atoms with Crippen molar-refractivity contribution in [1.29, 1.82) is 0 Å². The smallest absolute Gasteiger partial charge is 0.253 e. The summed E-state index contributed by atoms with van der Waals surface area (Å²) in [6.07, 6.45) is 2.07. The molecule has 0 radical (unpaired) electrons. The first kappa shape index (κ1) is 19.5. The minimum Gasteiger partial charge on any atom is -0.388 e. The summed E-state index contributed by atoms with van der Waals surface area (Å²) in [5, 5.41) is 10.8. The van der Waals surface area contributed by atoms with Crippen LogP contribution in [0.25, 0.3) is 11.1 Å². The largest absolute Gasteiger partial charge is 0.388 e. The van der Waals surface area contributed by atoms with Gasteiger partial charge in [0.05, 0.1) is 5.60 Å². The van der Waals surface area contributed by atoms with E-state index in [9.17, 15) is 14.3 Å². The number of benzene rings is 2. The molecule has 0 spiro atoms. The highest BCUT2D eigenvalue weighted by atomic mass is 19.1. The van der Waals surface area contributed by atoms with E-state index in [1.54, 1.807) is 18.2 Å². The lowest BCUT2D eigenvalue weighted by molar-refractivity contribution is 0.00305. The van der Waals surface area contributed by atoms with E-state index in [2.05, 4.69) is 0 Å². The quantitative estimate of drug-likeness (QED) is 0.897. The van der Waals surface area contributed by atoms with Crippen molar-refractivity contribution >= 4 is 5.91 Å². The second-order valence-corrected chi connectivity index (χ2v) is 7.70. The third kappa shape index (κ3) is 4.93. The Morgan fingerprint density at radius 2 is 1.85 bits per heavy atom. The highest BCUT2D eigenvalue weighted by Gasteiger charge is 2.32. The van der Waals surface area contributed by atoms with Gasteiger partial charge in [-0.3, -0.25) is 4.79 Å². The summed E-state index contributed by atoms with van der Waals surface area (Å²) in [4.78, 5) is 16.7. The van der Waals surface area contributed by atoms with Gasteiger partial charge in [0.2, 0.25) is 0 Å². The van der Waals surface area contributed by atoms with Crippen LogP contribution in [0.1, 0.15) is 29.6 Å². The van der Waals surface area contributed by atoms with Crippen molar-refractivity contribution in [3.63, 3.8) is 0 Å². The summed E-state index contributed by atoms with van der Waals surface area (Å²) in [5.41, 5.74) is 1.55. The van der Waals surface area contributed by atoms with Gasteiger partial charge in [0.25, 0.3) is 5.91 Å². The molecule has 0 aliphatic carbocycles. The van der Waals surface area contributed by atoms with Crippen molar-refractivity contribution in [3.8, 4) is 11.1 Å². The van der Waals surface area contributed by atoms with E-state index >= 15 is 0 Å². The normalized spacial score (nSPS) is 20.6. The Bertz CT molecular complexity index is 791. The molecule has 1 heterocycles. The summed E-state index contributed by atoms with van der Waals surface area (Å²) in [6, 6.07) is 13.7. The molecule has 4 nitrogen and oxygen atoms in total. The number of hydrogen-bond donors (Lipinski definition) is 1. The molecule has 1 saturated heterocycles. The minimum atomic E-state index is -0.736. The van der Waals surface area contributed by atoms with Crippen LogP contribution in [0.3, 0.4) is 0 Å². The summed E-state index contributed by atoms with van der Waals surface area (Å²) in [7, 11) is 3.90. The van der Waals surface area contributed by atoms with Crippen LogP contribution in [0.4, 0.5) is 4.39 Å². The Morgan fingerprint density at radius 1 is 1.11 bits per heavy atom. The first-order valence-electron chi connectivity index (χ1n) is 9.39. The second-order valence-electron chi connectivity index (χ2n) is 7.70. The van der Waals surface area contributed by atoms with Crippen LogP contribution in [0.5, 0.6) is 0 Å². The molecule has 5 heteroatoms. The molecule has 0 saturated carbocycles. The van der Waals surface area contributed by atoms with Crippen LogP contribution >= 0.6 is 0 Å². The van der Waals surface area contributed by atoms with Crippen molar-refractivity contribution in [2.75, 3.05) is 33.7 Å². The van der Waals surface area contributed by atoms with E-state index in [0.717, 1.165) is 17.5 Å². The highest BCUT2D eigenvalue weighted by molar-refractivity contribution is 5.94. The number of nitrogens with zero attached hydrogens (tertiary/aromatic N) is 2. The Labute approximate surface area is 160 Å². The number of amides is 1. The first-order valence-corrected chi connectivity index (χ1v) is 9.39. The van der Waals surface area contributed by atoms with Gasteiger partial charge in [-0.2, -0.15) is 0 Å². The van der Waals surface area contributed by atoms with Crippen LogP contribution in [0, 0.1) is 5.82 Å². The molecule has 1 aliphatic heterocycles. The van der Waals surface area contributed by atoms with E-state index in [4.69, 9.17) is 0 Å². The monoisotopic (exact) mass is 370 g/mol. The van der Waals surface area contributed by atoms with Gasteiger partial charge in [0.15, 0.2) is 0 Å². The maximum Gasteiger partial charge on any atom is 0.253 e. The molecule has 1 atom stereocenters. The van der Waals surface area contributed by atoms with Gasteiger partial charge >= 0.3 is 0 Å². The Kier molecular flexibility index (Phi) is 5.92. The van der Waals surface area contributed by atoms with Crippen LogP contribution in [0.2, 0.25) is 0 Å². The van der Waals surface area contributed by atoms with Crippen molar-refractivity contribution < 1.29 is 14.3 Å². The SMILES string of the molecule is CN(C)C[C@@]1(O)CCCN(C(=O)c2ccc(-c3cccc(F)c3)cc2)CC1. The van der Waals surface area contributed by atoms with Crippen LogP contribution in [0.15, 0.2) is 48.5 Å². The van der Waals surface area contributed by atoms with Gasteiger partial charge in [-0.05, 0) is 68.8 Å². The molecular weight excluding hydrogens is 343 g/mol. The fraction of sp³-hybridized carbons (Fsp3) is 0.409. The van der Waals surface area contributed by atoms with Crippen LogP contribution in [-0.2, 0) is 0 Å². The van der Waals surface area contributed by atoms with E-state index in [-0.39, 0.29) is 11.7 Å². The van der Waals surface area contributed by atoms with Gasteiger partial charge in [0.1, 0.15) is 5.82 Å². The van der Waals surface area contributed by atoms with Gasteiger partial charge in [-0.25, -0.2) is 4.39 Å². The van der Waals surface area contributed by atoms with Crippen LogP contribution in [-0.4, -0.2) is 60.1 Å². The lowest BCUT2D eigenvalue weighted by Gasteiger charge is -2.30. The third-order valence-corrected chi connectivity index (χ3v) is 5.10. The summed E-state index contributed by atoms with van der Waals surface area (Å²) in [6.45, 7) is 1.81. The zero-order valence-electron chi connectivity index (χ0n) is 16.0. The Morgan fingerprint density at radius 3 is 2.52 bits per heavy atom. The Balaban J connectivity index is 1.69. The fourth-order valence-corrected chi connectivity index (χ4v) is 3.78. The average molecular weight is 370 g/mol. The molecule has 2 aromatic rings. The zero-order valence-corrected chi connectivity index (χ0v) is 16.0. The third-order valence-electron chi connectivity index (χ3n) is 5.10. The van der Waals surface area contributed by atoms with Gasteiger partial charge < -0.3 is 14.9 Å². The molecule has 1 aliphatic rings. The summed E-state index contributed by atoms with van der Waals surface area (Å²) >= 11 is 0. The number of hydrogen-bond acceptors (Lipinski definition) is 3. The average Bonchev–Trinajstić information content (AvgIpc) is 2.82. The van der Waals surface area contributed by atoms with Crippen molar-refractivity contribution in [2.45, 2.75) is 24.9 Å². The molecular formula is C22H27FN2O2. The molecule has 1 amide bonds. The maximum atomic E-state index is 13.4. The standard InChI is InChI=1S/C22H27FN2O2/c1-24(2)16-22(27)11-4-13-25(14-12-22)21(26)18-9-7-17(8-10-18)19-5-3-6-20(23)15-19/h3,5-10,15,27H,4,11-14,16H2,1-2H3/t22-/m1/s1. The molecule has 0 aromatic heterocycles. The van der Waals surface area contributed by atoms with Crippen molar-refractivity contribution in [2.24, 2.45) is 0 Å². The highest BCUT2D eigenvalue weighted by Crippen LogP contribution is 2.25. The predicted molar refractivity (Wildman–Crippen MR) is 105 cm³/mol. The van der Waals surface area contributed by atoms with Gasteiger partial charge in [-0.1, -0.05) is 24.3 Å². The fourth-order valence-electron chi connectivity index (χ4n) is 3.78. The number of carbonyl (C=O) groups excluding carboxylic acids is 1. The molecule has 2 aromatic carbocycles. The number of likely N-dealkylation sites (tertiary alicyclic amines) is 1. The van der Waals surface area contributed by atoms with Crippen molar-refractivity contribution in [1.82, 2.24) is 9.80 Å². The number of likely N-dealkylation sites (N-methyl/N-ethyl adjacent to an activating group) is 1. The molecule has 0 unspecified atom stereocenters. The van der Waals surface area contributed by atoms with E-state index in [1.165, 1.54) is 12.1 Å². The molecule has 0 bridgehead atoms. The number of rotatable bonds is 4. The topological polar surface area (TPSA) is 43.8 Å². The first-order chi connectivity index (χ1) is 12.9. The minimum absolute atomic E-state index is 0.0186. The summed E-state index contributed by atoms with van der Waals surface area (Å²) < 4.78 is 13.4.